The molecule has 2 unspecified atom stereocenters. The van der Waals surface area contributed by atoms with E-state index in [-0.39, 0.29) is 0 Å². The van der Waals surface area contributed by atoms with Gasteiger partial charge in [-0.1, -0.05) is 33.3 Å². The SMILES string of the molecule is CCCNC(C)c1ccc(N(C)CC(C)CC)nc1. The second-order valence-corrected chi connectivity index (χ2v) is 5.52. The van der Waals surface area contributed by atoms with E-state index < -0.39 is 0 Å². The Bertz CT molecular complexity index is 348. The van der Waals surface area contributed by atoms with Crippen LogP contribution in [0.25, 0.3) is 0 Å². The molecule has 19 heavy (non-hydrogen) atoms. The van der Waals surface area contributed by atoms with Crippen molar-refractivity contribution < 1.29 is 0 Å². The van der Waals surface area contributed by atoms with E-state index in [1.165, 1.54) is 12.0 Å². The van der Waals surface area contributed by atoms with Crippen LogP contribution in [-0.2, 0) is 0 Å². The quantitative estimate of drug-likeness (QED) is 0.776. The van der Waals surface area contributed by atoms with Gasteiger partial charge in [0.1, 0.15) is 5.82 Å². The van der Waals surface area contributed by atoms with Crippen molar-refractivity contribution in [3.05, 3.63) is 23.9 Å². The molecule has 0 aromatic carbocycles. The molecule has 0 saturated carbocycles. The normalized spacial score (nSPS) is 14.2. The van der Waals surface area contributed by atoms with Crippen LogP contribution in [-0.4, -0.2) is 25.1 Å². The van der Waals surface area contributed by atoms with Crippen molar-refractivity contribution in [2.45, 2.75) is 46.6 Å². The number of anilines is 1. The van der Waals surface area contributed by atoms with Gasteiger partial charge in [-0.15, -0.1) is 0 Å². The predicted molar refractivity (Wildman–Crippen MR) is 83.7 cm³/mol. The van der Waals surface area contributed by atoms with Crippen molar-refractivity contribution in [1.29, 1.82) is 0 Å². The van der Waals surface area contributed by atoms with E-state index >= 15 is 0 Å². The van der Waals surface area contributed by atoms with Gasteiger partial charge in [0.15, 0.2) is 0 Å². The summed E-state index contributed by atoms with van der Waals surface area (Å²) in [5, 5.41) is 3.49. The van der Waals surface area contributed by atoms with Crippen LogP contribution < -0.4 is 10.2 Å². The van der Waals surface area contributed by atoms with Crippen molar-refractivity contribution in [2.75, 3.05) is 25.0 Å². The highest BCUT2D eigenvalue weighted by Gasteiger charge is 2.08. The second kappa shape index (κ2) is 8.16. The first kappa shape index (κ1) is 16.0. The average Bonchev–Trinajstić information content (AvgIpc) is 2.44. The molecule has 1 aromatic heterocycles. The fourth-order valence-corrected chi connectivity index (χ4v) is 2.05. The van der Waals surface area contributed by atoms with Gasteiger partial charge in [-0.05, 0) is 37.4 Å². The maximum absolute atomic E-state index is 4.58. The number of nitrogens with one attached hydrogen (secondary N) is 1. The molecule has 0 bridgehead atoms. The molecule has 0 aliphatic rings. The molecule has 0 radical (unpaired) electrons. The van der Waals surface area contributed by atoms with Crippen LogP contribution in [0.1, 0.15) is 52.1 Å². The zero-order valence-corrected chi connectivity index (χ0v) is 13.1. The number of aromatic nitrogens is 1. The molecule has 3 nitrogen and oxygen atoms in total. The Balaban J connectivity index is 2.60. The van der Waals surface area contributed by atoms with Crippen LogP contribution >= 0.6 is 0 Å². The van der Waals surface area contributed by atoms with E-state index in [9.17, 15) is 0 Å². The van der Waals surface area contributed by atoms with Crippen LogP contribution in [0, 0.1) is 5.92 Å². The van der Waals surface area contributed by atoms with Gasteiger partial charge in [0.2, 0.25) is 0 Å². The van der Waals surface area contributed by atoms with Gasteiger partial charge in [0, 0.05) is 25.8 Å². The number of pyridine rings is 1. The largest absolute Gasteiger partial charge is 0.359 e. The minimum atomic E-state index is 0.376. The van der Waals surface area contributed by atoms with E-state index in [0.29, 0.717) is 12.0 Å². The van der Waals surface area contributed by atoms with E-state index in [4.69, 9.17) is 0 Å². The van der Waals surface area contributed by atoms with Crippen LogP contribution in [0.3, 0.4) is 0 Å². The third kappa shape index (κ3) is 5.19. The molecule has 0 saturated heterocycles. The molecule has 3 heteroatoms. The summed E-state index contributed by atoms with van der Waals surface area (Å²) >= 11 is 0. The lowest BCUT2D eigenvalue weighted by Gasteiger charge is -2.22. The number of rotatable bonds is 8. The molecule has 2 atom stereocenters. The number of hydrogen-bond donors (Lipinski definition) is 1. The number of hydrogen-bond acceptors (Lipinski definition) is 3. The first-order valence-electron chi connectivity index (χ1n) is 7.48. The lowest BCUT2D eigenvalue weighted by atomic mass is 10.1. The highest BCUT2D eigenvalue weighted by atomic mass is 15.2. The fraction of sp³-hybridized carbons (Fsp3) is 0.688. The van der Waals surface area contributed by atoms with Crippen LogP contribution in [0.5, 0.6) is 0 Å². The first-order chi connectivity index (χ1) is 9.08. The molecule has 1 heterocycles. The summed E-state index contributed by atoms with van der Waals surface area (Å²) in [7, 11) is 2.12. The first-order valence-corrected chi connectivity index (χ1v) is 7.48. The van der Waals surface area contributed by atoms with E-state index in [0.717, 1.165) is 25.3 Å². The van der Waals surface area contributed by atoms with E-state index in [2.05, 4.69) is 62.1 Å². The average molecular weight is 263 g/mol. The molecule has 0 aliphatic heterocycles. The van der Waals surface area contributed by atoms with Gasteiger partial charge in [-0.25, -0.2) is 4.98 Å². The molecule has 0 fully saturated rings. The standard InChI is InChI=1S/C16H29N3/c1-6-10-17-14(4)15-8-9-16(18-11-15)19(5)12-13(3)7-2/h8-9,11,13-14,17H,6-7,10,12H2,1-5H3. The van der Waals surface area contributed by atoms with Crippen LogP contribution in [0.4, 0.5) is 5.82 Å². The van der Waals surface area contributed by atoms with E-state index in [1.54, 1.807) is 0 Å². The third-order valence-corrected chi connectivity index (χ3v) is 3.64. The Morgan fingerprint density at radius 1 is 1.26 bits per heavy atom. The van der Waals surface area contributed by atoms with Crippen molar-refractivity contribution in [3.8, 4) is 0 Å². The smallest absolute Gasteiger partial charge is 0.128 e. The third-order valence-electron chi connectivity index (χ3n) is 3.64. The second-order valence-electron chi connectivity index (χ2n) is 5.52. The minimum Gasteiger partial charge on any atom is -0.359 e. The lowest BCUT2D eigenvalue weighted by Crippen LogP contribution is -2.25. The highest BCUT2D eigenvalue weighted by Crippen LogP contribution is 2.16. The van der Waals surface area contributed by atoms with E-state index in [1.807, 2.05) is 6.20 Å². The fourth-order valence-electron chi connectivity index (χ4n) is 2.05. The zero-order valence-electron chi connectivity index (χ0n) is 13.1. The van der Waals surface area contributed by atoms with Gasteiger partial charge in [-0.2, -0.15) is 0 Å². The monoisotopic (exact) mass is 263 g/mol. The van der Waals surface area contributed by atoms with Crippen molar-refractivity contribution in [2.24, 2.45) is 5.92 Å². The topological polar surface area (TPSA) is 28.2 Å². The molecule has 0 aliphatic carbocycles. The van der Waals surface area contributed by atoms with Crippen molar-refractivity contribution >= 4 is 5.82 Å². The molecular formula is C16H29N3. The van der Waals surface area contributed by atoms with Gasteiger partial charge < -0.3 is 10.2 Å². The summed E-state index contributed by atoms with van der Waals surface area (Å²) in [6, 6.07) is 4.69. The highest BCUT2D eigenvalue weighted by molar-refractivity contribution is 5.38. The molecule has 1 aromatic rings. The van der Waals surface area contributed by atoms with Crippen LogP contribution in [0.2, 0.25) is 0 Å². The zero-order chi connectivity index (χ0) is 14.3. The lowest BCUT2D eigenvalue weighted by molar-refractivity contribution is 0.556. The van der Waals surface area contributed by atoms with Gasteiger partial charge >= 0.3 is 0 Å². The summed E-state index contributed by atoms with van der Waals surface area (Å²) in [5.41, 5.74) is 1.26. The van der Waals surface area contributed by atoms with Crippen LogP contribution in [0.15, 0.2) is 18.3 Å². The van der Waals surface area contributed by atoms with Gasteiger partial charge in [-0.3, -0.25) is 0 Å². The molecule has 1 N–H and O–H groups in total. The van der Waals surface area contributed by atoms with Crippen molar-refractivity contribution in [3.63, 3.8) is 0 Å². The molecular weight excluding hydrogens is 234 g/mol. The van der Waals surface area contributed by atoms with Gasteiger partial charge in [0.25, 0.3) is 0 Å². The Labute approximate surface area is 118 Å². The van der Waals surface area contributed by atoms with Crippen molar-refractivity contribution in [1.82, 2.24) is 10.3 Å². The maximum atomic E-state index is 4.58. The summed E-state index contributed by atoms with van der Waals surface area (Å²) in [6.45, 7) is 11.0. The Morgan fingerprint density at radius 2 is 2.00 bits per heavy atom. The summed E-state index contributed by atoms with van der Waals surface area (Å²) in [4.78, 5) is 6.82. The van der Waals surface area contributed by atoms with Gasteiger partial charge in [0.05, 0.1) is 0 Å². The Kier molecular flexibility index (Phi) is 6.85. The maximum Gasteiger partial charge on any atom is 0.128 e. The Hall–Kier alpha value is -1.09. The molecule has 1 rings (SSSR count). The predicted octanol–water partition coefficient (Wildman–Crippen LogP) is 3.62. The summed E-state index contributed by atoms with van der Waals surface area (Å²) in [5.74, 6) is 1.77. The minimum absolute atomic E-state index is 0.376. The summed E-state index contributed by atoms with van der Waals surface area (Å²) < 4.78 is 0. The molecule has 0 amide bonds. The summed E-state index contributed by atoms with van der Waals surface area (Å²) in [6.07, 6.45) is 4.36. The number of nitrogens with zero attached hydrogens (tertiary/aromatic N) is 2. The molecule has 108 valence electrons. The molecule has 0 spiro atoms. The Morgan fingerprint density at radius 3 is 2.53 bits per heavy atom.